The van der Waals surface area contributed by atoms with E-state index >= 15 is 0 Å². The van der Waals surface area contributed by atoms with Gasteiger partial charge in [-0.25, -0.2) is 9.48 Å². The Kier molecular flexibility index (Phi) is 7.38. The Bertz CT molecular complexity index is 990. The van der Waals surface area contributed by atoms with Crippen molar-refractivity contribution in [1.82, 2.24) is 24.1 Å². The first-order valence-electron chi connectivity index (χ1n) is 11.5. The number of fused-ring (bicyclic) bond motifs is 1. The highest BCUT2D eigenvalue weighted by molar-refractivity contribution is 7.96. The average molecular weight is 497 g/mol. The Morgan fingerprint density at radius 2 is 2.00 bits per heavy atom. The molecule has 9 nitrogen and oxygen atoms in total. The molecule has 4 rings (SSSR count). The van der Waals surface area contributed by atoms with Gasteiger partial charge >= 0.3 is 6.09 Å². The van der Waals surface area contributed by atoms with Crippen molar-refractivity contribution in [2.24, 2.45) is 0 Å². The van der Waals surface area contributed by atoms with E-state index < -0.39 is 11.7 Å². The van der Waals surface area contributed by atoms with Crippen LogP contribution in [0.2, 0.25) is 5.28 Å². The van der Waals surface area contributed by atoms with E-state index in [2.05, 4.69) is 32.7 Å². The minimum Gasteiger partial charge on any atom is -0.443 e. The molecule has 0 bridgehead atoms. The first-order valence-corrected chi connectivity index (χ1v) is 13.1. The molecule has 0 aromatic carbocycles. The summed E-state index contributed by atoms with van der Waals surface area (Å²) in [6, 6.07) is 0.00607. The maximum atomic E-state index is 13.3. The summed E-state index contributed by atoms with van der Waals surface area (Å²) < 4.78 is 16.0. The number of anilines is 1. The van der Waals surface area contributed by atoms with Gasteiger partial charge in [-0.2, -0.15) is 15.1 Å². The molecular weight excluding hydrogens is 464 g/mol. The van der Waals surface area contributed by atoms with Gasteiger partial charge in [0.15, 0.2) is 17.7 Å². The molecule has 2 aromatic rings. The highest BCUT2D eigenvalue weighted by Crippen LogP contribution is 2.36. The van der Waals surface area contributed by atoms with Crippen LogP contribution in [-0.2, 0) is 9.47 Å². The van der Waals surface area contributed by atoms with Gasteiger partial charge in [0.2, 0.25) is 5.28 Å². The number of hydrogen-bond acceptors (Lipinski definition) is 8. The summed E-state index contributed by atoms with van der Waals surface area (Å²) in [7, 11) is 2.05. The molecule has 2 aliphatic rings. The molecule has 2 fully saturated rings. The van der Waals surface area contributed by atoms with Crippen LogP contribution in [0.4, 0.5) is 10.6 Å². The van der Waals surface area contributed by atoms with E-state index in [1.165, 1.54) is 0 Å². The molecule has 0 spiro atoms. The Labute approximate surface area is 204 Å². The van der Waals surface area contributed by atoms with E-state index in [4.69, 9.17) is 21.1 Å². The maximum absolute atomic E-state index is 13.3. The third kappa shape index (κ3) is 5.55. The second-order valence-corrected chi connectivity index (χ2v) is 11.0. The van der Waals surface area contributed by atoms with Gasteiger partial charge in [-0.15, -0.1) is 0 Å². The normalized spacial score (nSPS) is 21.9. The van der Waals surface area contributed by atoms with Gasteiger partial charge in [0.1, 0.15) is 5.60 Å². The second kappa shape index (κ2) is 9.93. The van der Waals surface area contributed by atoms with Crippen molar-refractivity contribution in [3.8, 4) is 0 Å². The van der Waals surface area contributed by atoms with Crippen LogP contribution in [0.1, 0.15) is 65.5 Å². The topological polar surface area (TPSA) is 85.6 Å². The van der Waals surface area contributed by atoms with Crippen LogP contribution in [0.15, 0.2) is 6.20 Å². The fourth-order valence-corrected chi connectivity index (χ4v) is 5.00. The van der Waals surface area contributed by atoms with Crippen LogP contribution >= 0.6 is 23.5 Å². The molecule has 1 aliphatic carbocycles. The Hall–Kier alpha value is -1.62. The van der Waals surface area contributed by atoms with E-state index in [1.54, 1.807) is 27.7 Å². The zero-order valence-electron chi connectivity index (χ0n) is 20.0. The molecule has 3 heterocycles. The van der Waals surface area contributed by atoms with Crippen molar-refractivity contribution >= 4 is 46.5 Å². The standard InChI is InChI=1S/C22H33ClN6O3S/c1-22(2,3)32-21(30)28(14-8-6-7-9-14)18-16-12-24-29(19(16)26-20(23)25-18)17-11-10-15(31-17)13-27(4)33-5/h12,14-15,17H,6-11,13H2,1-5H3. The predicted octanol–water partition coefficient (Wildman–Crippen LogP) is 5.05. The summed E-state index contributed by atoms with van der Waals surface area (Å²) >= 11 is 8.05. The Morgan fingerprint density at radius 1 is 1.27 bits per heavy atom. The lowest BCUT2D eigenvalue weighted by Gasteiger charge is -2.31. The molecule has 1 saturated carbocycles. The lowest BCUT2D eigenvalue weighted by molar-refractivity contribution is -0.00698. The zero-order chi connectivity index (χ0) is 23.8. The summed E-state index contributed by atoms with van der Waals surface area (Å²) in [6.07, 6.45) is 8.92. The number of halogens is 1. The maximum Gasteiger partial charge on any atom is 0.416 e. The third-order valence-electron chi connectivity index (χ3n) is 6.04. The van der Waals surface area contributed by atoms with Gasteiger partial charge in [-0.3, -0.25) is 9.21 Å². The number of rotatable bonds is 6. The molecule has 1 saturated heterocycles. The number of nitrogens with zero attached hydrogens (tertiary/aromatic N) is 6. The summed E-state index contributed by atoms with van der Waals surface area (Å²) in [5.41, 5.74) is -0.0505. The number of ether oxygens (including phenoxy) is 2. The van der Waals surface area contributed by atoms with Crippen LogP contribution in [-0.4, -0.2) is 67.7 Å². The predicted molar refractivity (Wildman–Crippen MR) is 131 cm³/mol. The van der Waals surface area contributed by atoms with Crippen molar-refractivity contribution in [2.75, 3.05) is 24.7 Å². The minimum atomic E-state index is -0.620. The molecule has 0 radical (unpaired) electrons. The number of carbonyl (C=O) groups is 1. The molecule has 33 heavy (non-hydrogen) atoms. The van der Waals surface area contributed by atoms with Crippen LogP contribution in [0, 0.1) is 0 Å². The van der Waals surface area contributed by atoms with Crippen LogP contribution in [0.5, 0.6) is 0 Å². The molecule has 2 atom stereocenters. The largest absolute Gasteiger partial charge is 0.443 e. The van der Waals surface area contributed by atoms with Crippen molar-refractivity contribution in [2.45, 2.75) is 83.3 Å². The number of carbonyl (C=O) groups excluding carboxylic acids is 1. The van der Waals surface area contributed by atoms with Gasteiger partial charge < -0.3 is 9.47 Å². The summed E-state index contributed by atoms with van der Waals surface area (Å²) in [5, 5.41) is 5.33. The van der Waals surface area contributed by atoms with Crippen molar-refractivity contribution in [3.05, 3.63) is 11.5 Å². The fourth-order valence-electron chi connectivity index (χ4n) is 4.52. The van der Waals surface area contributed by atoms with Crippen LogP contribution < -0.4 is 4.90 Å². The quantitative estimate of drug-likeness (QED) is 0.405. The molecule has 1 amide bonds. The fraction of sp³-hybridized carbons (Fsp3) is 0.727. The van der Waals surface area contributed by atoms with Crippen LogP contribution in [0.25, 0.3) is 11.0 Å². The first-order chi connectivity index (χ1) is 15.7. The Morgan fingerprint density at radius 3 is 2.67 bits per heavy atom. The van der Waals surface area contributed by atoms with Crippen molar-refractivity contribution in [3.63, 3.8) is 0 Å². The van der Waals surface area contributed by atoms with E-state index in [-0.39, 0.29) is 23.7 Å². The molecular formula is C22H33ClN6O3S. The van der Waals surface area contributed by atoms with E-state index in [0.717, 1.165) is 45.1 Å². The minimum absolute atomic E-state index is 0.00607. The van der Waals surface area contributed by atoms with E-state index in [0.29, 0.717) is 16.9 Å². The monoisotopic (exact) mass is 496 g/mol. The summed E-state index contributed by atoms with van der Waals surface area (Å²) in [4.78, 5) is 23.9. The van der Waals surface area contributed by atoms with Gasteiger partial charge in [0.05, 0.1) is 17.7 Å². The third-order valence-corrected chi connectivity index (χ3v) is 6.99. The number of aromatic nitrogens is 4. The van der Waals surface area contributed by atoms with E-state index in [1.807, 2.05) is 20.8 Å². The zero-order valence-corrected chi connectivity index (χ0v) is 21.5. The SMILES string of the molecule is CSN(C)CC1CCC(n2ncc3c(N(C(=O)OC(C)(C)C)C4CCCC4)nc(Cl)nc32)O1. The molecule has 11 heteroatoms. The summed E-state index contributed by atoms with van der Waals surface area (Å²) in [6.45, 7) is 6.42. The lowest BCUT2D eigenvalue weighted by atomic mass is 10.2. The Balaban J connectivity index is 1.68. The highest BCUT2D eigenvalue weighted by atomic mass is 35.5. The van der Waals surface area contributed by atoms with Gasteiger partial charge in [-0.05, 0) is 71.4 Å². The van der Waals surface area contributed by atoms with Crippen molar-refractivity contribution in [1.29, 1.82) is 0 Å². The molecule has 2 aromatic heterocycles. The molecule has 1 aliphatic heterocycles. The van der Waals surface area contributed by atoms with Crippen LogP contribution in [0.3, 0.4) is 0 Å². The first kappa shape index (κ1) is 24.5. The highest BCUT2D eigenvalue weighted by Gasteiger charge is 2.36. The van der Waals surface area contributed by atoms with E-state index in [9.17, 15) is 4.79 Å². The van der Waals surface area contributed by atoms with Gasteiger partial charge in [-0.1, -0.05) is 24.8 Å². The number of amides is 1. The summed E-state index contributed by atoms with van der Waals surface area (Å²) in [5.74, 6) is 0.453. The molecule has 0 N–H and O–H groups in total. The van der Waals surface area contributed by atoms with Gasteiger partial charge in [0.25, 0.3) is 0 Å². The second-order valence-electron chi connectivity index (χ2n) is 9.71. The molecule has 2 unspecified atom stereocenters. The molecule has 182 valence electrons. The number of hydrogen-bond donors (Lipinski definition) is 0. The lowest BCUT2D eigenvalue weighted by Crippen LogP contribution is -2.43. The smallest absolute Gasteiger partial charge is 0.416 e. The average Bonchev–Trinajstić information content (AvgIpc) is 3.47. The number of likely N-dealkylation sites (N-methyl/N-ethyl adjacent to an activating group) is 1. The van der Waals surface area contributed by atoms with Gasteiger partial charge in [0, 0.05) is 12.6 Å². The van der Waals surface area contributed by atoms with Crippen molar-refractivity contribution < 1.29 is 14.3 Å².